The van der Waals surface area contributed by atoms with Gasteiger partial charge >= 0.3 is 0 Å². The molecule has 2 heterocycles. The maximum atomic E-state index is 4.54. The molecule has 25 heavy (non-hydrogen) atoms. The molecule has 0 aliphatic carbocycles. The molecule has 0 saturated carbocycles. The van der Waals surface area contributed by atoms with Gasteiger partial charge in [-0.05, 0) is 24.3 Å². The van der Waals surface area contributed by atoms with Gasteiger partial charge in [-0.25, -0.2) is 9.98 Å². The quantitative estimate of drug-likeness (QED) is 0.694. The highest BCUT2D eigenvalue weighted by Crippen LogP contribution is 2.18. The van der Waals surface area contributed by atoms with Crippen LogP contribution in [0, 0.1) is 0 Å². The third kappa shape index (κ3) is 3.68. The highest BCUT2D eigenvalue weighted by molar-refractivity contribution is 5.97. The molecule has 4 rings (SSSR count). The Kier molecular flexibility index (Phi) is 4.41. The number of hydrogen-bond acceptors (Lipinski definition) is 4. The number of hydrogen-bond donors (Lipinski definition) is 1. The monoisotopic (exact) mass is 332 g/mol. The van der Waals surface area contributed by atoms with Crippen LogP contribution in [0.4, 0.5) is 11.4 Å². The molecule has 2 aliphatic rings. The van der Waals surface area contributed by atoms with E-state index in [4.69, 9.17) is 0 Å². The Balaban J connectivity index is 1.36. The number of anilines is 2. The zero-order chi connectivity index (χ0) is 16.9. The molecule has 6 heteroatoms. The van der Waals surface area contributed by atoms with E-state index >= 15 is 0 Å². The number of aliphatic imine (C=N–C) groups is 2. The van der Waals surface area contributed by atoms with Gasteiger partial charge in [-0.3, -0.25) is 15.4 Å². The van der Waals surface area contributed by atoms with Crippen molar-refractivity contribution in [3.63, 3.8) is 0 Å². The van der Waals surface area contributed by atoms with Gasteiger partial charge < -0.3 is 0 Å². The fourth-order valence-corrected chi connectivity index (χ4v) is 2.87. The number of hydrazone groups is 1. The number of nitrogens with zero attached hydrogens (tertiary/aromatic N) is 5. The second-order valence-corrected chi connectivity index (χ2v) is 5.89. The SMILES string of the molecule is C(=NC1=NN(c2ccccc2)CC1)N=C1CCN(c2ccccc2)N1. The van der Waals surface area contributed by atoms with Crippen LogP contribution >= 0.6 is 0 Å². The Bertz CT molecular complexity index is 797. The van der Waals surface area contributed by atoms with Crippen molar-refractivity contribution >= 4 is 29.4 Å². The molecule has 1 saturated heterocycles. The van der Waals surface area contributed by atoms with Crippen molar-refractivity contribution in [3.05, 3.63) is 60.7 Å². The summed E-state index contributed by atoms with van der Waals surface area (Å²) >= 11 is 0. The lowest BCUT2D eigenvalue weighted by Gasteiger charge is -2.17. The average molecular weight is 332 g/mol. The van der Waals surface area contributed by atoms with Crippen molar-refractivity contribution in [2.75, 3.05) is 23.1 Å². The summed E-state index contributed by atoms with van der Waals surface area (Å²) in [4.78, 5) is 8.83. The summed E-state index contributed by atoms with van der Waals surface area (Å²) in [5, 5.41) is 8.61. The minimum absolute atomic E-state index is 0.811. The van der Waals surface area contributed by atoms with Crippen LogP contribution in [0.5, 0.6) is 0 Å². The van der Waals surface area contributed by atoms with Gasteiger partial charge in [-0.15, -0.1) is 0 Å². The molecule has 1 N–H and O–H groups in total. The fourth-order valence-electron chi connectivity index (χ4n) is 2.87. The highest BCUT2D eigenvalue weighted by Gasteiger charge is 2.17. The lowest BCUT2D eigenvalue weighted by atomic mass is 10.3. The van der Waals surface area contributed by atoms with Crippen LogP contribution in [-0.4, -0.2) is 31.1 Å². The minimum atomic E-state index is 0.811. The summed E-state index contributed by atoms with van der Waals surface area (Å²) in [5.41, 5.74) is 5.54. The van der Waals surface area contributed by atoms with Gasteiger partial charge in [0.1, 0.15) is 12.2 Å². The predicted molar refractivity (Wildman–Crippen MR) is 103 cm³/mol. The molecule has 0 unspecified atom stereocenters. The van der Waals surface area contributed by atoms with Crippen LogP contribution < -0.4 is 15.4 Å². The summed E-state index contributed by atoms with van der Waals surface area (Å²) < 4.78 is 0. The lowest BCUT2D eigenvalue weighted by Crippen LogP contribution is -2.33. The number of rotatable bonds is 3. The van der Waals surface area contributed by atoms with Crippen molar-refractivity contribution in [2.24, 2.45) is 15.1 Å². The molecule has 0 radical (unpaired) electrons. The Morgan fingerprint density at radius 3 is 2.36 bits per heavy atom. The molecule has 2 aromatic rings. The van der Waals surface area contributed by atoms with E-state index in [0.29, 0.717) is 0 Å². The van der Waals surface area contributed by atoms with E-state index in [0.717, 1.165) is 49.0 Å². The summed E-state index contributed by atoms with van der Waals surface area (Å²) in [6.45, 7) is 1.76. The molecule has 2 aliphatic heterocycles. The fraction of sp³-hybridized carbons (Fsp3) is 0.211. The molecule has 126 valence electrons. The van der Waals surface area contributed by atoms with Crippen LogP contribution in [0.25, 0.3) is 0 Å². The van der Waals surface area contributed by atoms with Gasteiger partial charge in [0.05, 0.1) is 11.4 Å². The van der Waals surface area contributed by atoms with Crippen LogP contribution in [0.3, 0.4) is 0 Å². The third-order valence-corrected chi connectivity index (χ3v) is 4.16. The van der Waals surface area contributed by atoms with Gasteiger partial charge in [0.15, 0.2) is 5.84 Å². The number of nitrogens with one attached hydrogen (secondary N) is 1. The van der Waals surface area contributed by atoms with Crippen LogP contribution in [0.2, 0.25) is 0 Å². The van der Waals surface area contributed by atoms with E-state index in [2.05, 4.69) is 49.8 Å². The van der Waals surface area contributed by atoms with E-state index in [1.54, 1.807) is 6.34 Å². The Labute approximate surface area is 147 Å². The van der Waals surface area contributed by atoms with Gasteiger partial charge in [0.25, 0.3) is 0 Å². The molecular formula is C19H20N6. The molecule has 1 fully saturated rings. The topological polar surface area (TPSA) is 55.6 Å². The van der Waals surface area contributed by atoms with Crippen LogP contribution in [-0.2, 0) is 0 Å². The molecule has 0 bridgehead atoms. The molecule has 2 aromatic carbocycles. The van der Waals surface area contributed by atoms with Gasteiger partial charge in [0, 0.05) is 25.9 Å². The van der Waals surface area contributed by atoms with E-state index in [9.17, 15) is 0 Å². The summed E-state index contributed by atoms with van der Waals surface area (Å²) in [5.74, 6) is 1.73. The normalized spacial score (nSPS) is 18.9. The minimum Gasteiger partial charge on any atom is -0.286 e. The molecule has 0 spiro atoms. The predicted octanol–water partition coefficient (Wildman–Crippen LogP) is 3.05. The molecule has 0 atom stereocenters. The standard InChI is InChI=1S/C19H20N6/c1-3-7-16(8-4-1)24-13-11-18(22-24)20-15-21-19-12-14-25(23-19)17-9-5-2-6-10-17/h1-10,15H,11-14H2,(H,20,21,22,23). The Hall–Kier alpha value is -3.15. The first-order valence-corrected chi connectivity index (χ1v) is 8.47. The van der Waals surface area contributed by atoms with Gasteiger partial charge in [-0.2, -0.15) is 5.10 Å². The number of para-hydroxylation sites is 2. The van der Waals surface area contributed by atoms with Crippen molar-refractivity contribution in [2.45, 2.75) is 12.8 Å². The van der Waals surface area contributed by atoms with E-state index in [1.165, 1.54) is 0 Å². The first-order valence-electron chi connectivity index (χ1n) is 8.47. The average Bonchev–Trinajstić information content (AvgIpc) is 3.33. The molecule has 6 nitrogen and oxygen atoms in total. The highest BCUT2D eigenvalue weighted by atomic mass is 15.5. The smallest absolute Gasteiger partial charge is 0.152 e. The number of benzene rings is 2. The molecular weight excluding hydrogens is 312 g/mol. The van der Waals surface area contributed by atoms with Crippen molar-refractivity contribution in [1.82, 2.24) is 5.43 Å². The van der Waals surface area contributed by atoms with Crippen molar-refractivity contribution < 1.29 is 0 Å². The zero-order valence-corrected chi connectivity index (χ0v) is 13.9. The molecule has 0 aromatic heterocycles. The second-order valence-electron chi connectivity index (χ2n) is 5.89. The first-order chi connectivity index (χ1) is 12.4. The largest absolute Gasteiger partial charge is 0.286 e. The van der Waals surface area contributed by atoms with E-state index < -0.39 is 0 Å². The Morgan fingerprint density at radius 1 is 0.880 bits per heavy atom. The van der Waals surface area contributed by atoms with Crippen LogP contribution in [0.15, 0.2) is 75.7 Å². The second kappa shape index (κ2) is 7.17. The van der Waals surface area contributed by atoms with Gasteiger partial charge in [-0.1, -0.05) is 36.4 Å². The van der Waals surface area contributed by atoms with Gasteiger partial charge in [0.2, 0.25) is 0 Å². The third-order valence-electron chi connectivity index (χ3n) is 4.16. The zero-order valence-electron chi connectivity index (χ0n) is 13.9. The molecule has 0 amide bonds. The van der Waals surface area contributed by atoms with Crippen molar-refractivity contribution in [1.29, 1.82) is 0 Å². The first kappa shape index (κ1) is 15.4. The van der Waals surface area contributed by atoms with E-state index in [-0.39, 0.29) is 0 Å². The summed E-state index contributed by atoms with van der Waals surface area (Å²) in [6.07, 6.45) is 3.31. The summed E-state index contributed by atoms with van der Waals surface area (Å²) in [6, 6.07) is 20.4. The number of amidine groups is 2. The maximum absolute atomic E-state index is 4.54. The van der Waals surface area contributed by atoms with E-state index in [1.807, 2.05) is 41.4 Å². The Morgan fingerprint density at radius 2 is 1.60 bits per heavy atom. The summed E-state index contributed by atoms with van der Waals surface area (Å²) in [7, 11) is 0. The van der Waals surface area contributed by atoms with Crippen LogP contribution in [0.1, 0.15) is 12.8 Å². The lowest BCUT2D eigenvalue weighted by molar-refractivity contribution is 0.858. The maximum Gasteiger partial charge on any atom is 0.152 e. The number of hydrazine groups is 1. The van der Waals surface area contributed by atoms with Crippen molar-refractivity contribution in [3.8, 4) is 0 Å².